The molecule has 24 nitrogen and oxygen atoms in total. The quantitative estimate of drug-likeness (QED) is 0.0156. The third-order valence-electron chi connectivity index (χ3n) is 14.2. The molecule has 0 spiro atoms. The second kappa shape index (κ2) is 25.0. The van der Waals surface area contributed by atoms with E-state index in [0.717, 1.165) is 0 Å². The summed E-state index contributed by atoms with van der Waals surface area (Å²) >= 11 is 3.18. The molecule has 2 saturated carbocycles. The third-order valence-corrected chi connectivity index (χ3v) is 14.7. The molecule has 83 heavy (non-hydrogen) atoms. The lowest BCUT2D eigenvalue weighted by Crippen LogP contribution is -2.53. The van der Waals surface area contributed by atoms with Gasteiger partial charge in [-0.15, -0.1) is 13.2 Å². The smallest absolute Gasteiger partial charge is 0.411 e. The third kappa shape index (κ3) is 13.9. The van der Waals surface area contributed by atoms with Gasteiger partial charge in [0.05, 0.1) is 57.9 Å². The first-order chi connectivity index (χ1) is 39.2. The van der Waals surface area contributed by atoms with Crippen LogP contribution in [0.3, 0.4) is 0 Å². The zero-order valence-electron chi connectivity index (χ0n) is 47.8. The number of amides is 4. The average molecular weight is 1210 g/mol. The van der Waals surface area contributed by atoms with Gasteiger partial charge in [-0.05, 0) is 78.6 Å². The molecule has 4 heterocycles. The molecule has 0 radical (unpaired) electrons. The number of esters is 2. The van der Waals surface area contributed by atoms with E-state index >= 15 is 0 Å². The fourth-order valence-corrected chi connectivity index (χ4v) is 10.2. The normalized spacial score (nSPS) is 23.2. The highest BCUT2D eigenvalue weighted by Gasteiger charge is 2.63. The molecule has 4 aliphatic rings. The second-order valence-corrected chi connectivity index (χ2v) is 22.7. The standard InChI is InChI=1S/C29H34BrN3O8.C29H33N5O8/c1-7-16-13-29(16,26(36)39-6)32-25(35)22-11-18(15-33(22)27(37)41-28(2,3)4)40-24-12-21(23(34)14-30)31-20-10-17(38-5)8-9-19(20)24;1-7-16-13-29(16,26(37)40-6)33-25(36)22-11-18(15-34(22)27(38)42-28(2,3)4)41-24-12-21(23(35)14-31-30)32-20-10-17(39-5)8-9-19(20)24/h7-10,12,16,18,22H,1,11,13-15H2,2-6H3,(H,32,35);7-10,12,14,16,18,22H,1,11,13,15H2,2-6H3,(H,33,36)/t2*16-,18-,22+,29-/m11/s1. The molecule has 8 rings (SSSR count). The van der Waals surface area contributed by atoms with Crippen molar-refractivity contribution in [3.05, 3.63) is 90.8 Å². The fraction of sp³-hybridized carbons (Fsp3) is 0.466. The number of pyridine rings is 2. The Hall–Kier alpha value is -8.44. The van der Waals surface area contributed by atoms with Crippen molar-refractivity contribution in [2.24, 2.45) is 11.8 Å². The molecule has 2 aromatic heterocycles. The molecule has 25 heteroatoms. The summed E-state index contributed by atoms with van der Waals surface area (Å²) in [5, 5.41) is 6.82. The van der Waals surface area contributed by atoms with Gasteiger partial charge < -0.3 is 54.1 Å². The number of hydrogen-bond acceptors (Lipinski definition) is 18. The maximum atomic E-state index is 13.6. The van der Waals surface area contributed by atoms with Crippen molar-refractivity contribution in [2.75, 3.05) is 46.9 Å². The van der Waals surface area contributed by atoms with Crippen LogP contribution in [-0.2, 0) is 38.1 Å². The molecule has 2 aromatic carbocycles. The number of ketones is 2. The predicted molar refractivity (Wildman–Crippen MR) is 303 cm³/mol. The maximum Gasteiger partial charge on any atom is 0.411 e. The minimum atomic E-state index is -1.25. The van der Waals surface area contributed by atoms with Crippen molar-refractivity contribution < 1.29 is 81.0 Å². The first-order valence-electron chi connectivity index (χ1n) is 26.4. The highest BCUT2D eigenvalue weighted by atomic mass is 79.9. The number of ether oxygens (including phenoxy) is 8. The van der Waals surface area contributed by atoms with Gasteiger partial charge in [-0.3, -0.25) is 29.0 Å². The summed E-state index contributed by atoms with van der Waals surface area (Å²) in [5.74, 6) is -2.09. The Balaban J connectivity index is 0.000000239. The van der Waals surface area contributed by atoms with Crippen LogP contribution in [0.15, 0.2) is 73.8 Å². The number of aromatic nitrogens is 2. The monoisotopic (exact) mass is 1210 g/mol. The number of nitrogens with one attached hydrogen (secondary N) is 2. The van der Waals surface area contributed by atoms with Crippen LogP contribution in [0.2, 0.25) is 0 Å². The number of carbonyl (C=O) groups excluding carboxylic acids is 8. The molecule has 2 saturated heterocycles. The lowest BCUT2D eigenvalue weighted by Gasteiger charge is -2.28. The van der Waals surface area contributed by atoms with Crippen molar-refractivity contribution in [1.82, 2.24) is 30.4 Å². The Labute approximate surface area is 487 Å². The Morgan fingerprint density at radius 1 is 0.675 bits per heavy atom. The average Bonchev–Trinajstić information content (AvgIpc) is 2.24. The first-order valence-corrected chi connectivity index (χ1v) is 27.5. The molecule has 0 unspecified atom stereocenters. The topological polar surface area (TPSA) is 303 Å². The van der Waals surface area contributed by atoms with Gasteiger partial charge in [0.1, 0.15) is 81.0 Å². The minimum absolute atomic E-state index is 0.0234. The number of benzene rings is 2. The van der Waals surface area contributed by atoms with Gasteiger partial charge >= 0.3 is 30.3 Å². The van der Waals surface area contributed by atoms with Crippen molar-refractivity contribution in [3.8, 4) is 23.0 Å². The molecule has 2 N–H and O–H groups in total. The molecule has 4 amide bonds. The molecular weight excluding hydrogens is 1140 g/mol. The number of rotatable bonds is 18. The Morgan fingerprint density at radius 3 is 1.43 bits per heavy atom. The lowest BCUT2D eigenvalue weighted by atomic mass is 10.1. The van der Waals surface area contributed by atoms with E-state index in [-0.39, 0.29) is 66.0 Å². The summed E-state index contributed by atoms with van der Waals surface area (Å²) in [6.45, 7) is 17.8. The summed E-state index contributed by atoms with van der Waals surface area (Å²) in [6.07, 6.45) is 1.98. The van der Waals surface area contributed by atoms with Crippen LogP contribution in [0.5, 0.6) is 23.0 Å². The predicted octanol–water partition coefficient (Wildman–Crippen LogP) is 6.53. The van der Waals surface area contributed by atoms with E-state index in [1.54, 1.807) is 96.2 Å². The molecule has 4 aromatic rings. The van der Waals surface area contributed by atoms with Gasteiger partial charge in [-0.2, -0.15) is 4.79 Å². The number of halogens is 1. The summed E-state index contributed by atoms with van der Waals surface area (Å²) in [4.78, 5) is 118. The van der Waals surface area contributed by atoms with Gasteiger partial charge in [-0.25, -0.2) is 29.1 Å². The SMILES string of the molecule is C=C[C@@H]1C[C@]1(NC(=O)[C@@H]1C[C@@H](Oc2cc(C(=O)C=[N+]=[N-])nc3cc(OC)ccc23)CN1C(=O)OC(C)(C)C)C(=O)OC.C=C[C@@H]1C[C@]1(NC(=O)[C@@H]1C[C@@H](Oc2cc(C(=O)CBr)nc3cc(OC)ccc23)CN1C(=O)OC(C)(C)C)C(=O)OC. The van der Waals surface area contributed by atoms with E-state index < -0.39 is 88.3 Å². The number of Topliss-reactive ketones (excluding diaryl/α,β-unsaturated/α-hetero) is 2. The number of carbonyl (C=O) groups is 8. The largest absolute Gasteiger partial charge is 0.497 e. The second-order valence-electron chi connectivity index (χ2n) is 22.2. The molecular formula is C58H67BrN8O16. The summed E-state index contributed by atoms with van der Waals surface area (Å²) in [6, 6.07) is 11.2. The van der Waals surface area contributed by atoms with E-state index in [2.05, 4.69) is 54.5 Å². The Kier molecular flexibility index (Phi) is 18.7. The zero-order chi connectivity index (χ0) is 60.9. The first kappa shape index (κ1) is 62.2. The van der Waals surface area contributed by atoms with Crippen LogP contribution in [0.25, 0.3) is 27.3 Å². The fourth-order valence-electron chi connectivity index (χ4n) is 9.90. The Morgan fingerprint density at radius 2 is 1.08 bits per heavy atom. The lowest BCUT2D eigenvalue weighted by molar-refractivity contribution is -0.147. The number of nitrogens with zero attached hydrogens (tertiary/aromatic N) is 6. The molecule has 2 aliphatic carbocycles. The van der Waals surface area contributed by atoms with Crippen LogP contribution in [0.4, 0.5) is 9.59 Å². The van der Waals surface area contributed by atoms with Gasteiger partial charge in [0, 0.05) is 59.7 Å². The number of fused-ring (bicyclic) bond motifs is 2. The van der Waals surface area contributed by atoms with Crippen molar-refractivity contribution in [3.63, 3.8) is 0 Å². The van der Waals surface area contributed by atoms with Crippen LogP contribution in [0, 0.1) is 11.8 Å². The van der Waals surface area contributed by atoms with Gasteiger partial charge in [-0.1, -0.05) is 28.1 Å². The van der Waals surface area contributed by atoms with Crippen molar-refractivity contribution in [2.45, 2.75) is 114 Å². The maximum absolute atomic E-state index is 13.6. The van der Waals surface area contributed by atoms with Crippen molar-refractivity contribution in [1.29, 1.82) is 0 Å². The highest BCUT2D eigenvalue weighted by molar-refractivity contribution is 9.09. The van der Waals surface area contributed by atoms with Gasteiger partial charge in [0.15, 0.2) is 5.78 Å². The van der Waals surface area contributed by atoms with E-state index in [1.807, 2.05) is 0 Å². The summed E-state index contributed by atoms with van der Waals surface area (Å²) in [7, 11) is 5.51. The number of hydrogen-bond donors (Lipinski definition) is 2. The summed E-state index contributed by atoms with van der Waals surface area (Å²) in [5.41, 5.74) is 5.74. The van der Waals surface area contributed by atoms with Gasteiger partial charge in [0.25, 0.3) is 5.78 Å². The Bertz CT molecular complexity index is 3320. The number of likely N-dealkylation sites (tertiary alicyclic amines) is 2. The highest BCUT2D eigenvalue weighted by Crippen LogP contribution is 2.47. The summed E-state index contributed by atoms with van der Waals surface area (Å²) < 4.78 is 44.3. The van der Waals surface area contributed by atoms with Crippen LogP contribution in [0.1, 0.15) is 88.2 Å². The van der Waals surface area contributed by atoms with E-state index in [9.17, 15) is 38.4 Å². The minimum Gasteiger partial charge on any atom is -0.497 e. The number of alkyl halides is 1. The van der Waals surface area contributed by atoms with E-state index in [4.69, 9.17) is 43.4 Å². The molecule has 0 bridgehead atoms. The van der Waals surface area contributed by atoms with E-state index in [1.165, 1.54) is 44.3 Å². The van der Waals surface area contributed by atoms with Crippen molar-refractivity contribution >= 4 is 91.5 Å². The zero-order valence-corrected chi connectivity index (χ0v) is 49.4. The van der Waals surface area contributed by atoms with Crippen LogP contribution >= 0.6 is 15.9 Å². The van der Waals surface area contributed by atoms with Crippen LogP contribution < -0.4 is 29.6 Å². The molecule has 8 atom stereocenters. The van der Waals surface area contributed by atoms with Gasteiger partial charge in [0.2, 0.25) is 11.8 Å². The van der Waals surface area contributed by atoms with E-state index in [0.29, 0.717) is 58.1 Å². The molecule has 442 valence electrons. The van der Waals surface area contributed by atoms with Crippen LogP contribution in [-0.4, -0.2) is 172 Å². The number of methoxy groups -OCH3 is 4. The molecule has 4 fully saturated rings. The molecule has 2 aliphatic heterocycles.